The Bertz CT molecular complexity index is 481. The fraction of sp³-hybridized carbons (Fsp3) is 0.467. The van der Waals surface area contributed by atoms with E-state index < -0.39 is 0 Å². The lowest BCUT2D eigenvalue weighted by Gasteiger charge is -2.17. The van der Waals surface area contributed by atoms with Crippen molar-refractivity contribution in [2.24, 2.45) is 0 Å². The van der Waals surface area contributed by atoms with E-state index in [2.05, 4.69) is 47.6 Å². The fourth-order valence-corrected chi connectivity index (χ4v) is 3.06. The highest BCUT2D eigenvalue weighted by Gasteiger charge is 2.13. The second kappa shape index (κ2) is 7.36. The maximum atomic E-state index is 3.99. The first-order chi connectivity index (χ1) is 9.33. The standard InChI is InChI=1S/C15H21N3S/c1-3-8-16-15(12-7-9-17-18-11-12)10-14-6-5-13(4-2)19-14/h5-7,9,11,15-16H,3-4,8,10H2,1-2H3. The van der Waals surface area contributed by atoms with E-state index in [9.17, 15) is 0 Å². The van der Waals surface area contributed by atoms with E-state index in [0.29, 0.717) is 6.04 Å². The van der Waals surface area contributed by atoms with Crippen LogP contribution in [0.1, 0.15) is 41.6 Å². The Morgan fingerprint density at radius 1 is 1.16 bits per heavy atom. The van der Waals surface area contributed by atoms with E-state index in [-0.39, 0.29) is 0 Å². The van der Waals surface area contributed by atoms with E-state index in [1.807, 2.05) is 17.5 Å². The maximum Gasteiger partial charge on any atom is 0.0544 e. The Morgan fingerprint density at radius 2 is 2.00 bits per heavy atom. The predicted molar refractivity (Wildman–Crippen MR) is 80.5 cm³/mol. The van der Waals surface area contributed by atoms with Crippen molar-refractivity contribution in [2.45, 2.75) is 39.2 Å². The first-order valence-corrected chi connectivity index (χ1v) is 7.72. The Hall–Kier alpha value is -1.26. The van der Waals surface area contributed by atoms with Crippen molar-refractivity contribution in [1.82, 2.24) is 15.5 Å². The third-order valence-corrected chi connectivity index (χ3v) is 4.37. The lowest BCUT2D eigenvalue weighted by molar-refractivity contribution is 0.529. The van der Waals surface area contributed by atoms with Crippen molar-refractivity contribution in [3.8, 4) is 0 Å². The van der Waals surface area contributed by atoms with E-state index in [0.717, 1.165) is 25.8 Å². The van der Waals surface area contributed by atoms with Crippen LogP contribution in [-0.4, -0.2) is 16.7 Å². The normalized spacial score (nSPS) is 12.5. The topological polar surface area (TPSA) is 37.8 Å². The van der Waals surface area contributed by atoms with E-state index in [1.54, 1.807) is 6.20 Å². The summed E-state index contributed by atoms with van der Waals surface area (Å²) in [5.41, 5.74) is 1.22. The quantitative estimate of drug-likeness (QED) is 0.841. The molecule has 0 bridgehead atoms. The Morgan fingerprint density at radius 3 is 2.63 bits per heavy atom. The lowest BCUT2D eigenvalue weighted by Crippen LogP contribution is -2.24. The van der Waals surface area contributed by atoms with Gasteiger partial charge in [-0.3, -0.25) is 0 Å². The molecule has 102 valence electrons. The number of thiophene rings is 1. The van der Waals surface area contributed by atoms with Gasteiger partial charge in [0.1, 0.15) is 0 Å². The zero-order valence-corrected chi connectivity index (χ0v) is 12.4. The van der Waals surface area contributed by atoms with Crippen LogP contribution < -0.4 is 5.32 Å². The summed E-state index contributed by atoms with van der Waals surface area (Å²) in [6.45, 7) is 5.42. The molecule has 0 aliphatic rings. The molecule has 0 aromatic carbocycles. The highest BCUT2D eigenvalue weighted by molar-refractivity contribution is 7.11. The fourth-order valence-electron chi connectivity index (χ4n) is 2.06. The number of nitrogens with one attached hydrogen (secondary N) is 1. The molecule has 2 aromatic heterocycles. The molecule has 1 N–H and O–H groups in total. The molecular weight excluding hydrogens is 254 g/mol. The minimum atomic E-state index is 0.332. The monoisotopic (exact) mass is 275 g/mol. The van der Waals surface area contributed by atoms with Gasteiger partial charge in [0.25, 0.3) is 0 Å². The van der Waals surface area contributed by atoms with Crippen LogP contribution in [0.15, 0.2) is 30.6 Å². The molecule has 4 heteroatoms. The molecular formula is C15H21N3S. The summed E-state index contributed by atoms with van der Waals surface area (Å²) in [7, 11) is 0. The molecule has 1 atom stereocenters. The van der Waals surface area contributed by atoms with Crippen LogP contribution >= 0.6 is 11.3 Å². The second-order valence-corrected chi connectivity index (χ2v) is 5.86. The first-order valence-electron chi connectivity index (χ1n) is 6.91. The predicted octanol–water partition coefficient (Wildman–Crippen LogP) is 3.38. The third kappa shape index (κ3) is 4.11. The van der Waals surface area contributed by atoms with Crippen molar-refractivity contribution < 1.29 is 0 Å². The van der Waals surface area contributed by atoms with Gasteiger partial charge in [-0.05, 0) is 43.1 Å². The minimum absolute atomic E-state index is 0.332. The third-order valence-electron chi connectivity index (χ3n) is 3.12. The molecule has 2 rings (SSSR count). The summed E-state index contributed by atoms with van der Waals surface area (Å²) >= 11 is 1.91. The summed E-state index contributed by atoms with van der Waals surface area (Å²) < 4.78 is 0. The number of hydrogen-bond donors (Lipinski definition) is 1. The molecule has 0 aliphatic carbocycles. The molecule has 1 unspecified atom stereocenters. The van der Waals surface area contributed by atoms with Crippen LogP contribution in [0.3, 0.4) is 0 Å². The van der Waals surface area contributed by atoms with Crippen molar-refractivity contribution in [3.05, 3.63) is 45.9 Å². The molecule has 2 heterocycles. The molecule has 0 fully saturated rings. The number of hydrogen-bond acceptors (Lipinski definition) is 4. The van der Waals surface area contributed by atoms with Gasteiger partial charge in [0.15, 0.2) is 0 Å². The molecule has 0 radical (unpaired) electrons. The van der Waals surface area contributed by atoms with Crippen molar-refractivity contribution in [2.75, 3.05) is 6.54 Å². The van der Waals surface area contributed by atoms with Gasteiger partial charge in [-0.15, -0.1) is 11.3 Å². The number of rotatable bonds is 7. The second-order valence-electron chi connectivity index (χ2n) is 4.61. The van der Waals surface area contributed by atoms with Gasteiger partial charge in [-0.1, -0.05) is 13.8 Å². The molecule has 0 amide bonds. The molecule has 0 saturated heterocycles. The van der Waals surface area contributed by atoms with Gasteiger partial charge in [-0.2, -0.15) is 10.2 Å². The Labute approximate surface area is 119 Å². The maximum absolute atomic E-state index is 3.99. The average molecular weight is 275 g/mol. The average Bonchev–Trinajstić information content (AvgIpc) is 2.92. The van der Waals surface area contributed by atoms with E-state index in [4.69, 9.17) is 0 Å². The number of aryl methyl sites for hydroxylation is 1. The summed E-state index contributed by atoms with van der Waals surface area (Å²) in [6, 6.07) is 6.87. The van der Waals surface area contributed by atoms with Crippen LogP contribution in [0, 0.1) is 0 Å². The van der Waals surface area contributed by atoms with Crippen LogP contribution in [-0.2, 0) is 12.8 Å². The zero-order valence-electron chi connectivity index (χ0n) is 11.6. The Kier molecular flexibility index (Phi) is 5.48. The molecule has 2 aromatic rings. The van der Waals surface area contributed by atoms with Gasteiger partial charge in [-0.25, -0.2) is 0 Å². The van der Waals surface area contributed by atoms with Crippen molar-refractivity contribution >= 4 is 11.3 Å². The lowest BCUT2D eigenvalue weighted by atomic mass is 10.1. The molecule has 0 saturated carbocycles. The van der Waals surface area contributed by atoms with Crippen molar-refractivity contribution in [1.29, 1.82) is 0 Å². The van der Waals surface area contributed by atoms with Gasteiger partial charge in [0.2, 0.25) is 0 Å². The first kappa shape index (κ1) is 14.2. The summed E-state index contributed by atoms with van der Waals surface area (Å²) in [5.74, 6) is 0. The summed E-state index contributed by atoms with van der Waals surface area (Å²) in [6.07, 6.45) is 6.91. The molecule has 19 heavy (non-hydrogen) atoms. The van der Waals surface area contributed by atoms with Crippen molar-refractivity contribution in [3.63, 3.8) is 0 Å². The molecule has 3 nitrogen and oxygen atoms in total. The highest BCUT2D eigenvalue weighted by atomic mass is 32.1. The Balaban J connectivity index is 2.09. The summed E-state index contributed by atoms with van der Waals surface area (Å²) in [4.78, 5) is 2.89. The minimum Gasteiger partial charge on any atom is -0.310 e. The smallest absolute Gasteiger partial charge is 0.0544 e. The van der Waals surface area contributed by atoms with Gasteiger partial charge < -0.3 is 5.32 Å². The number of nitrogens with zero attached hydrogens (tertiary/aromatic N) is 2. The SMILES string of the molecule is CCCNC(Cc1ccc(CC)s1)c1ccnnc1. The van der Waals surface area contributed by atoms with Crippen LogP contribution in [0.5, 0.6) is 0 Å². The molecule has 0 spiro atoms. The van der Waals surface area contributed by atoms with E-state index in [1.165, 1.54) is 15.3 Å². The molecule has 0 aliphatic heterocycles. The van der Waals surface area contributed by atoms with Crippen LogP contribution in [0.2, 0.25) is 0 Å². The van der Waals surface area contributed by atoms with Crippen LogP contribution in [0.25, 0.3) is 0 Å². The van der Waals surface area contributed by atoms with Gasteiger partial charge >= 0.3 is 0 Å². The van der Waals surface area contributed by atoms with Gasteiger partial charge in [0, 0.05) is 28.4 Å². The van der Waals surface area contributed by atoms with Gasteiger partial charge in [0.05, 0.1) is 6.20 Å². The largest absolute Gasteiger partial charge is 0.310 e. The highest BCUT2D eigenvalue weighted by Crippen LogP contribution is 2.23. The van der Waals surface area contributed by atoms with Crippen LogP contribution in [0.4, 0.5) is 0 Å². The zero-order chi connectivity index (χ0) is 13.5. The summed E-state index contributed by atoms with van der Waals surface area (Å²) in [5, 5.41) is 11.4. The van der Waals surface area contributed by atoms with E-state index >= 15 is 0 Å². The number of aromatic nitrogens is 2.